The van der Waals surface area contributed by atoms with Gasteiger partial charge in [0.05, 0.1) is 0 Å². The SMILES string of the molecule is Cc1nc(Cc2cccc(F)c2)nc(C)c1C1CCNC1. The fourth-order valence-corrected chi connectivity index (χ4v) is 3.19. The number of benzene rings is 1. The molecule has 0 radical (unpaired) electrons. The van der Waals surface area contributed by atoms with Crippen molar-refractivity contribution in [2.24, 2.45) is 0 Å². The molecular weight excluding hydrogens is 265 g/mol. The first kappa shape index (κ1) is 14.1. The summed E-state index contributed by atoms with van der Waals surface area (Å²) in [5, 5.41) is 3.39. The average molecular weight is 285 g/mol. The molecule has 3 nitrogen and oxygen atoms in total. The predicted molar refractivity (Wildman–Crippen MR) is 80.9 cm³/mol. The molecule has 0 saturated carbocycles. The Kier molecular flexibility index (Phi) is 3.97. The van der Waals surface area contributed by atoms with Crippen LogP contribution in [0.25, 0.3) is 0 Å². The summed E-state index contributed by atoms with van der Waals surface area (Å²) in [6.07, 6.45) is 1.72. The van der Waals surface area contributed by atoms with E-state index >= 15 is 0 Å². The Labute approximate surface area is 124 Å². The third kappa shape index (κ3) is 3.10. The number of halogens is 1. The lowest BCUT2D eigenvalue weighted by molar-refractivity contribution is 0.625. The van der Waals surface area contributed by atoms with Gasteiger partial charge in [-0.1, -0.05) is 12.1 Å². The fourth-order valence-electron chi connectivity index (χ4n) is 3.19. The van der Waals surface area contributed by atoms with E-state index in [9.17, 15) is 4.39 Å². The molecule has 1 unspecified atom stereocenters. The molecule has 0 spiro atoms. The summed E-state index contributed by atoms with van der Waals surface area (Å²) < 4.78 is 13.2. The molecular formula is C17H20FN3. The van der Waals surface area contributed by atoms with E-state index in [0.717, 1.165) is 42.3 Å². The number of aromatic nitrogens is 2. The first-order valence-corrected chi connectivity index (χ1v) is 7.42. The van der Waals surface area contributed by atoms with Gasteiger partial charge in [0.15, 0.2) is 0 Å². The molecule has 2 aromatic rings. The molecule has 1 aromatic heterocycles. The molecule has 21 heavy (non-hydrogen) atoms. The van der Waals surface area contributed by atoms with Crippen LogP contribution in [0.4, 0.5) is 4.39 Å². The number of hydrogen-bond acceptors (Lipinski definition) is 3. The molecule has 1 fully saturated rings. The van der Waals surface area contributed by atoms with Crippen LogP contribution in [0.1, 0.15) is 40.7 Å². The van der Waals surface area contributed by atoms with Crippen molar-refractivity contribution in [3.05, 3.63) is 58.4 Å². The Hall–Kier alpha value is -1.81. The molecule has 0 amide bonds. The van der Waals surface area contributed by atoms with E-state index in [2.05, 4.69) is 29.1 Å². The Morgan fingerprint density at radius 2 is 2.00 bits per heavy atom. The maximum absolute atomic E-state index is 13.2. The number of nitrogens with zero attached hydrogens (tertiary/aromatic N) is 2. The summed E-state index contributed by atoms with van der Waals surface area (Å²) in [4.78, 5) is 9.28. The Morgan fingerprint density at radius 1 is 1.24 bits per heavy atom. The molecule has 1 atom stereocenters. The van der Waals surface area contributed by atoms with Gasteiger partial charge in [-0.2, -0.15) is 0 Å². The number of rotatable bonds is 3. The van der Waals surface area contributed by atoms with Crippen molar-refractivity contribution in [3.8, 4) is 0 Å². The quantitative estimate of drug-likeness (QED) is 0.942. The average Bonchev–Trinajstić information content (AvgIpc) is 2.91. The predicted octanol–water partition coefficient (Wildman–Crippen LogP) is 2.90. The molecule has 1 saturated heterocycles. The first-order chi connectivity index (χ1) is 10.1. The smallest absolute Gasteiger partial charge is 0.133 e. The van der Waals surface area contributed by atoms with Crippen molar-refractivity contribution in [2.75, 3.05) is 13.1 Å². The van der Waals surface area contributed by atoms with Crippen LogP contribution in [-0.4, -0.2) is 23.1 Å². The van der Waals surface area contributed by atoms with Crippen LogP contribution in [0.5, 0.6) is 0 Å². The maximum atomic E-state index is 13.2. The Bertz CT molecular complexity index is 625. The van der Waals surface area contributed by atoms with E-state index in [-0.39, 0.29) is 5.82 Å². The maximum Gasteiger partial charge on any atom is 0.133 e. The molecule has 4 heteroatoms. The van der Waals surface area contributed by atoms with Gasteiger partial charge >= 0.3 is 0 Å². The van der Waals surface area contributed by atoms with Gasteiger partial charge in [0.25, 0.3) is 0 Å². The van der Waals surface area contributed by atoms with Crippen LogP contribution in [-0.2, 0) is 6.42 Å². The topological polar surface area (TPSA) is 37.8 Å². The molecule has 1 aromatic carbocycles. The summed E-state index contributed by atoms with van der Waals surface area (Å²) in [6, 6.07) is 6.63. The number of hydrogen-bond donors (Lipinski definition) is 1. The zero-order chi connectivity index (χ0) is 14.8. The van der Waals surface area contributed by atoms with E-state index < -0.39 is 0 Å². The lowest BCUT2D eigenvalue weighted by Crippen LogP contribution is -2.13. The first-order valence-electron chi connectivity index (χ1n) is 7.42. The highest BCUT2D eigenvalue weighted by Gasteiger charge is 2.22. The van der Waals surface area contributed by atoms with Crippen molar-refractivity contribution >= 4 is 0 Å². The third-order valence-electron chi connectivity index (χ3n) is 4.09. The normalized spacial score (nSPS) is 18.1. The zero-order valence-electron chi connectivity index (χ0n) is 12.5. The van der Waals surface area contributed by atoms with Gasteiger partial charge in [0.2, 0.25) is 0 Å². The van der Waals surface area contributed by atoms with E-state index in [1.807, 2.05) is 6.07 Å². The van der Waals surface area contributed by atoms with Gasteiger partial charge in [0.1, 0.15) is 11.6 Å². The molecule has 3 rings (SSSR count). The van der Waals surface area contributed by atoms with Crippen LogP contribution in [0.2, 0.25) is 0 Å². The van der Waals surface area contributed by atoms with Crippen LogP contribution in [0.3, 0.4) is 0 Å². The molecule has 110 valence electrons. The summed E-state index contributed by atoms with van der Waals surface area (Å²) in [5.41, 5.74) is 4.30. The van der Waals surface area contributed by atoms with Crippen LogP contribution >= 0.6 is 0 Å². The Morgan fingerprint density at radius 3 is 2.62 bits per heavy atom. The lowest BCUT2D eigenvalue weighted by Gasteiger charge is -2.15. The van der Waals surface area contributed by atoms with Crippen molar-refractivity contribution in [1.29, 1.82) is 0 Å². The number of aryl methyl sites for hydroxylation is 2. The van der Waals surface area contributed by atoms with E-state index in [4.69, 9.17) is 0 Å². The third-order valence-corrected chi connectivity index (χ3v) is 4.09. The van der Waals surface area contributed by atoms with E-state index in [1.165, 1.54) is 11.6 Å². The minimum Gasteiger partial charge on any atom is -0.316 e. The van der Waals surface area contributed by atoms with Crippen LogP contribution in [0.15, 0.2) is 24.3 Å². The van der Waals surface area contributed by atoms with Crippen LogP contribution < -0.4 is 5.32 Å². The van der Waals surface area contributed by atoms with Crippen molar-refractivity contribution in [1.82, 2.24) is 15.3 Å². The van der Waals surface area contributed by atoms with E-state index in [0.29, 0.717) is 12.3 Å². The second kappa shape index (κ2) is 5.90. The van der Waals surface area contributed by atoms with Gasteiger partial charge < -0.3 is 5.32 Å². The summed E-state index contributed by atoms with van der Waals surface area (Å²) in [7, 11) is 0. The van der Waals surface area contributed by atoms with Crippen molar-refractivity contribution in [3.63, 3.8) is 0 Å². The fraction of sp³-hybridized carbons (Fsp3) is 0.412. The lowest BCUT2D eigenvalue weighted by atomic mass is 9.95. The molecule has 2 heterocycles. The summed E-state index contributed by atoms with van der Waals surface area (Å²) in [6.45, 7) is 6.18. The molecule has 1 aliphatic rings. The van der Waals surface area contributed by atoms with Gasteiger partial charge in [-0.15, -0.1) is 0 Å². The van der Waals surface area contributed by atoms with Crippen molar-refractivity contribution < 1.29 is 4.39 Å². The minimum absolute atomic E-state index is 0.213. The molecule has 0 bridgehead atoms. The highest BCUT2D eigenvalue weighted by atomic mass is 19.1. The van der Waals surface area contributed by atoms with Gasteiger partial charge in [-0.3, -0.25) is 0 Å². The minimum atomic E-state index is -0.213. The highest BCUT2D eigenvalue weighted by molar-refractivity contribution is 5.31. The highest BCUT2D eigenvalue weighted by Crippen LogP contribution is 2.27. The number of nitrogens with one attached hydrogen (secondary N) is 1. The molecule has 0 aliphatic carbocycles. The second-order valence-electron chi connectivity index (χ2n) is 5.72. The molecule has 1 N–H and O–H groups in total. The van der Waals surface area contributed by atoms with Gasteiger partial charge in [-0.05, 0) is 50.1 Å². The second-order valence-corrected chi connectivity index (χ2v) is 5.72. The van der Waals surface area contributed by atoms with Gasteiger partial charge in [0, 0.05) is 30.3 Å². The monoisotopic (exact) mass is 285 g/mol. The largest absolute Gasteiger partial charge is 0.316 e. The van der Waals surface area contributed by atoms with Gasteiger partial charge in [-0.25, -0.2) is 14.4 Å². The summed E-state index contributed by atoms with van der Waals surface area (Å²) >= 11 is 0. The van der Waals surface area contributed by atoms with Crippen molar-refractivity contribution in [2.45, 2.75) is 32.6 Å². The standard InChI is InChI=1S/C17H20FN3/c1-11-17(14-6-7-19-10-14)12(2)21-16(20-11)9-13-4-3-5-15(18)8-13/h3-5,8,14,19H,6-7,9-10H2,1-2H3. The van der Waals surface area contributed by atoms with Crippen LogP contribution in [0, 0.1) is 19.7 Å². The zero-order valence-corrected chi connectivity index (χ0v) is 12.5. The van der Waals surface area contributed by atoms with E-state index in [1.54, 1.807) is 12.1 Å². The summed E-state index contributed by atoms with van der Waals surface area (Å²) in [5.74, 6) is 1.08. The Balaban J connectivity index is 1.87. The molecule has 1 aliphatic heterocycles.